The van der Waals surface area contributed by atoms with Crippen molar-refractivity contribution in [2.45, 2.75) is 20.3 Å². The molecule has 0 aliphatic carbocycles. The van der Waals surface area contributed by atoms with Gasteiger partial charge in [0.2, 0.25) is 5.91 Å². The number of nitrogens with two attached hydrogens (primary N) is 1. The van der Waals surface area contributed by atoms with Crippen LogP contribution in [0.3, 0.4) is 0 Å². The maximum atomic E-state index is 11.5. The van der Waals surface area contributed by atoms with Gasteiger partial charge in [0.05, 0.1) is 13.0 Å². The molecule has 0 fully saturated rings. The molecule has 0 saturated carbocycles. The molecule has 0 aliphatic rings. The van der Waals surface area contributed by atoms with E-state index in [2.05, 4.69) is 19.2 Å². The summed E-state index contributed by atoms with van der Waals surface area (Å²) in [6, 6.07) is 7.62. The maximum Gasteiger partial charge on any atom is 0.224 e. The first-order valence-electron chi connectivity index (χ1n) is 6.30. The summed E-state index contributed by atoms with van der Waals surface area (Å²) < 4.78 is 5.58. The van der Waals surface area contributed by atoms with Crippen LogP contribution in [0.5, 0.6) is 5.75 Å². The van der Waals surface area contributed by atoms with Gasteiger partial charge >= 0.3 is 0 Å². The number of nitrogens with one attached hydrogen (secondary N) is 1. The molecule has 0 atom stereocenters. The first-order valence-corrected chi connectivity index (χ1v) is 6.30. The fraction of sp³-hybridized carbons (Fsp3) is 0.500. The Morgan fingerprint density at radius 2 is 1.95 bits per heavy atom. The van der Waals surface area contributed by atoms with E-state index in [1.807, 2.05) is 24.3 Å². The van der Waals surface area contributed by atoms with E-state index in [0.29, 0.717) is 32.0 Å². The standard InChI is InChI=1S/C14H22N2O2.ClH/c1-11(2)10-18-13-5-3-12(4-6-13)9-14(17)16-8-7-15;/h3-6,11H,7-10,15H2,1-2H3,(H,16,17);1H. The monoisotopic (exact) mass is 286 g/mol. The Bertz CT molecular complexity index is 366. The first kappa shape index (κ1) is 17.7. The number of hydrogen-bond donors (Lipinski definition) is 2. The molecule has 0 aliphatic heterocycles. The molecule has 0 spiro atoms. The molecule has 3 N–H and O–H groups in total. The third-order valence-electron chi connectivity index (χ3n) is 2.34. The van der Waals surface area contributed by atoms with E-state index in [1.54, 1.807) is 0 Å². The van der Waals surface area contributed by atoms with Crippen LogP contribution in [0.1, 0.15) is 19.4 Å². The smallest absolute Gasteiger partial charge is 0.224 e. The van der Waals surface area contributed by atoms with Crippen molar-refractivity contribution < 1.29 is 9.53 Å². The average Bonchev–Trinajstić information content (AvgIpc) is 2.35. The van der Waals surface area contributed by atoms with Crippen molar-refractivity contribution in [2.75, 3.05) is 19.7 Å². The Morgan fingerprint density at radius 1 is 1.32 bits per heavy atom. The van der Waals surface area contributed by atoms with Crippen LogP contribution in [-0.2, 0) is 11.2 Å². The van der Waals surface area contributed by atoms with Gasteiger partial charge in [-0.25, -0.2) is 0 Å². The normalized spacial score (nSPS) is 9.89. The zero-order valence-electron chi connectivity index (χ0n) is 11.5. The SMILES string of the molecule is CC(C)COc1ccc(CC(=O)NCCN)cc1.Cl. The highest BCUT2D eigenvalue weighted by Crippen LogP contribution is 2.13. The third kappa shape index (κ3) is 7.70. The van der Waals surface area contributed by atoms with Crippen molar-refractivity contribution in [1.82, 2.24) is 5.32 Å². The van der Waals surface area contributed by atoms with Crippen molar-refractivity contribution in [3.8, 4) is 5.75 Å². The van der Waals surface area contributed by atoms with Gasteiger partial charge in [0.1, 0.15) is 5.75 Å². The highest BCUT2D eigenvalue weighted by Gasteiger charge is 2.03. The van der Waals surface area contributed by atoms with Gasteiger partial charge in [-0.2, -0.15) is 0 Å². The van der Waals surface area contributed by atoms with E-state index in [0.717, 1.165) is 11.3 Å². The van der Waals surface area contributed by atoms with E-state index in [1.165, 1.54) is 0 Å². The molecule has 1 amide bonds. The number of carbonyl (C=O) groups excluding carboxylic acids is 1. The Balaban J connectivity index is 0.00000324. The molecule has 4 nitrogen and oxygen atoms in total. The van der Waals surface area contributed by atoms with Crippen molar-refractivity contribution in [3.05, 3.63) is 29.8 Å². The van der Waals surface area contributed by atoms with Crippen LogP contribution in [0.25, 0.3) is 0 Å². The minimum atomic E-state index is -0.00343. The summed E-state index contributed by atoms with van der Waals surface area (Å²) in [5.74, 6) is 1.35. The second-order valence-electron chi connectivity index (χ2n) is 4.66. The van der Waals surface area contributed by atoms with E-state index in [4.69, 9.17) is 10.5 Å². The van der Waals surface area contributed by atoms with E-state index in [9.17, 15) is 4.79 Å². The molecule has 0 bridgehead atoms. The number of carbonyl (C=O) groups is 1. The lowest BCUT2D eigenvalue weighted by atomic mass is 10.1. The van der Waals surface area contributed by atoms with E-state index >= 15 is 0 Å². The number of amides is 1. The topological polar surface area (TPSA) is 64.3 Å². The molecule has 1 aromatic rings. The number of hydrogen-bond acceptors (Lipinski definition) is 3. The zero-order chi connectivity index (χ0) is 13.4. The molecule has 0 heterocycles. The van der Waals surface area contributed by atoms with Crippen LogP contribution < -0.4 is 15.8 Å². The van der Waals surface area contributed by atoms with Crippen molar-refractivity contribution in [2.24, 2.45) is 11.7 Å². The van der Waals surface area contributed by atoms with E-state index < -0.39 is 0 Å². The fourth-order valence-corrected chi connectivity index (χ4v) is 1.43. The number of benzene rings is 1. The van der Waals surface area contributed by atoms with Gasteiger partial charge in [-0.3, -0.25) is 4.79 Å². The van der Waals surface area contributed by atoms with Crippen LogP contribution in [0.4, 0.5) is 0 Å². The highest BCUT2D eigenvalue weighted by molar-refractivity contribution is 5.85. The second-order valence-corrected chi connectivity index (χ2v) is 4.66. The molecule has 0 aromatic heterocycles. The Morgan fingerprint density at radius 3 is 2.47 bits per heavy atom. The Hall–Kier alpha value is -1.26. The van der Waals surface area contributed by atoms with Crippen molar-refractivity contribution in [3.63, 3.8) is 0 Å². The summed E-state index contributed by atoms with van der Waals surface area (Å²) in [5.41, 5.74) is 6.29. The van der Waals surface area contributed by atoms with Crippen molar-refractivity contribution in [1.29, 1.82) is 0 Å². The van der Waals surface area contributed by atoms with Gasteiger partial charge in [0, 0.05) is 13.1 Å². The fourth-order valence-electron chi connectivity index (χ4n) is 1.43. The molecule has 1 aromatic carbocycles. The summed E-state index contributed by atoms with van der Waals surface area (Å²) in [5, 5.41) is 2.74. The summed E-state index contributed by atoms with van der Waals surface area (Å²) in [7, 11) is 0. The highest BCUT2D eigenvalue weighted by atomic mass is 35.5. The van der Waals surface area contributed by atoms with Crippen LogP contribution in [0.2, 0.25) is 0 Å². The van der Waals surface area contributed by atoms with Gasteiger partial charge in [-0.1, -0.05) is 26.0 Å². The molecule has 0 unspecified atom stereocenters. The Kier molecular flexibility index (Phi) is 9.00. The first-order chi connectivity index (χ1) is 8.61. The van der Waals surface area contributed by atoms with Crippen molar-refractivity contribution >= 4 is 18.3 Å². The predicted molar refractivity (Wildman–Crippen MR) is 79.8 cm³/mol. The molecule has 0 saturated heterocycles. The maximum absolute atomic E-state index is 11.5. The summed E-state index contributed by atoms with van der Waals surface area (Å²) in [6.07, 6.45) is 0.379. The molecular formula is C14H23ClN2O2. The van der Waals surface area contributed by atoms with Gasteiger partial charge in [0.25, 0.3) is 0 Å². The minimum Gasteiger partial charge on any atom is -0.493 e. The van der Waals surface area contributed by atoms with Gasteiger partial charge in [-0.05, 0) is 23.6 Å². The van der Waals surface area contributed by atoms with Crippen LogP contribution in [-0.4, -0.2) is 25.6 Å². The second kappa shape index (κ2) is 9.64. The van der Waals surface area contributed by atoms with Gasteiger partial charge < -0.3 is 15.8 Å². The lowest BCUT2D eigenvalue weighted by molar-refractivity contribution is -0.120. The lowest BCUT2D eigenvalue weighted by Gasteiger charge is -2.09. The van der Waals surface area contributed by atoms with Gasteiger partial charge in [-0.15, -0.1) is 12.4 Å². The van der Waals surface area contributed by atoms with E-state index in [-0.39, 0.29) is 18.3 Å². The zero-order valence-corrected chi connectivity index (χ0v) is 12.3. The molecule has 19 heavy (non-hydrogen) atoms. The molecular weight excluding hydrogens is 264 g/mol. The number of ether oxygens (including phenoxy) is 1. The largest absolute Gasteiger partial charge is 0.493 e. The predicted octanol–water partition coefficient (Wildman–Crippen LogP) is 1.76. The number of rotatable bonds is 7. The summed E-state index contributed by atoms with van der Waals surface area (Å²) >= 11 is 0. The van der Waals surface area contributed by atoms with Crippen LogP contribution in [0.15, 0.2) is 24.3 Å². The molecule has 0 radical (unpaired) electrons. The van der Waals surface area contributed by atoms with Gasteiger partial charge in [0.15, 0.2) is 0 Å². The molecule has 1 rings (SSSR count). The van der Waals surface area contributed by atoms with Crippen LogP contribution in [0, 0.1) is 5.92 Å². The molecule has 5 heteroatoms. The average molecular weight is 287 g/mol. The quantitative estimate of drug-likeness (QED) is 0.803. The molecule has 108 valence electrons. The summed E-state index contributed by atoms with van der Waals surface area (Å²) in [6.45, 7) is 5.91. The minimum absolute atomic E-state index is 0. The third-order valence-corrected chi connectivity index (χ3v) is 2.34. The summed E-state index contributed by atoms with van der Waals surface area (Å²) in [4.78, 5) is 11.5. The number of halogens is 1. The Labute approximate surface area is 121 Å². The van der Waals surface area contributed by atoms with Crippen LogP contribution >= 0.6 is 12.4 Å². The lowest BCUT2D eigenvalue weighted by Crippen LogP contribution is -2.30.